The molecule has 1 nitrogen and oxygen atoms in total. The first-order valence-electron chi connectivity index (χ1n) is 6.74. The fourth-order valence-electron chi connectivity index (χ4n) is 2.42. The molecule has 0 bridgehead atoms. The zero-order chi connectivity index (χ0) is 13.1. The van der Waals surface area contributed by atoms with Crippen molar-refractivity contribution in [2.45, 2.75) is 19.8 Å². The van der Waals surface area contributed by atoms with Crippen molar-refractivity contribution in [3.8, 4) is 11.3 Å². The number of hydrogen-bond acceptors (Lipinski definition) is 1. The molecule has 94 valence electrons. The maximum Gasteiger partial charge on any atom is 0.0711 e. The quantitative estimate of drug-likeness (QED) is 0.743. The molecule has 0 saturated carbocycles. The lowest BCUT2D eigenvalue weighted by molar-refractivity contribution is 1.04. The van der Waals surface area contributed by atoms with Gasteiger partial charge in [-0.15, -0.1) is 0 Å². The Hall–Kier alpha value is -2.15. The van der Waals surface area contributed by atoms with E-state index >= 15 is 0 Å². The van der Waals surface area contributed by atoms with Crippen LogP contribution in [0.4, 0.5) is 0 Å². The average Bonchev–Trinajstić information content (AvgIpc) is 2.48. The number of nitrogens with zero attached hydrogens (tertiary/aromatic N) is 1. The number of pyridine rings is 1. The topological polar surface area (TPSA) is 12.9 Å². The van der Waals surface area contributed by atoms with Crippen LogP contribution in [0.15, 0.2) is 60.7 Å². The standard InChI is InChI=1S/C18H17N/c1-14-12-17(15-8-4-2-5-9-15)13-18(19-14)16-10-6-3-7-11-16/h3-4,6-13H,2,5H2,1H3. The molecule has 0 spiro atoms. The van der Waals surface area contributed by atoms with E-state index in [2.05, 4.69) is 66.5 Å². The molecule has 0 N–H and O–H groups in total. The van der Waals surface area contributed by atoms with E-state index in [0.717, 1.165) is 24.2 Å². The highest BCUT2D eigenvalue weighted by molar-refractivity contribution is 5.77. The van der Waals surface area contributed by atoms with Gasteiger partial charge in [-0.2, -0.15) is 0 Å². The fraction of sp³-hybridized carbons (Fsp3) is 0.167. The first-order chi connectivity index (χ1) is 9.33. The molecule has 1 aromatic heterocycles. The third-order valence-corrected chi connectivity index (χ3v) is 3.35. The van der Waals surface area contributed by atoms with Crippen LogP contribution in [-0.4, -0.2) is 4.98 Å². The molecular weight excluding hydrogens is 230 g/mol. The zero-order valence-corrected chi connectivity index (χ0v) is 11.1. The van der Waals surface area contributed by atoms with Gasteiger partial charge in [-0.05, 0) is 43.0 Å². The van der Waals surface area contributed by atoms with Crippen LogP contribution in [0, 0.1) is 6.92 Å². The van der Waals surface area contributed by atoms with E-state index in [-0.39, 0.29) is 0 Å². The van der Waals surface area contributed by atoms with Crippen LogP contribution < -0.4 is 0 Å². The molecule has 0 atom stereocenters. The van der Waals surface area contributed by atoms with E-state index in [9.17, 15) is 0 Å². The Balaban J connectivity index is 2.06. The van der Waals surface area contributed by atoms with Crippen LogP contribution in [0.3, 0.4) is 0 Å². The fourth-order valence-corrected chi connectivity index (χ4v) is 2.42. The summed E-state index contributed by atoms with van der Waals surface area (Å²) in [6, 6.07) is 14.7. The first-order valence-corrected chi connectivity index (χ1v) is 6.74. The van der Waals surface area contributed by atoms with Crippen LogP contribution in [0.1, 0.15) is 24.1 Å². The van der Waals surface area contributed by atoms with Gasteiger partial charge >= 0.3 is 0 Å². The zero-order valence-electron chi connectivity index (χ0n) is 11.1. The highest BCUT2D eigenvalue weighted by Crippen LogP contribution is 2.26. The molecule has 0 aliphatic heterocycles. The van der Waals surface area contributed by atoms with Gasteiger partial charge in [0, 0.05) is 11.3 Å². The Morgan fingerprint density at radius 3 is 2.53 bits per heavy atom. The van der Waals surface area contributed by atoms with Crippen molar-refractivity contribution in [1.82, 2.24) is 4.98 Å². The van der Waals surface area contributed by atoms with Gasteiger partial charge < -0.3 is 0 Å². The number of rotatable bonds is 2. The SMILES string of the molecule is Cc1cc(C2=CCCC=C2)cc(-c2ccccc2)n1. The summed E-state index contributed by atoms with van der Waals surface area (Å²) in [5.74, 6) is 0. The Kier molecular flexibility index (Phi) is 3.28. The summed E-state index contributed by atoms with van der Waals surface area (Å²) in [6.07, 6.45) is 9.05. The molecule has 2 aromatic rings. The number of aromatic nitrogens is 1. The van der Waals surface area contributed by atoms with Gasteiger partial charge in [-0.25, -0.2) is 0 Å². The summed E-state index contributed by atoms with van der Waals surface area (Å²) in [4.78, 5) is 4.65. The van der Waals surface area contributed by atoms with Crippen LogP contribution in [0.25, 0.3) is 16.8 Å². The molecule has 19 heavy (non-hydrogen) atoms. The molecule has 0 saturated heterocycles. The predicted molar refractivity (Wildman–Crippen MR) is 80.8 cm³/mol. The molecule has 0 unspecified atom stereocenters. The van der Waals surface area contributed by atoms with Crippen molar-refractivity contribution in [3.05, 3.63) is 72.0 Å². The van der Waals surface area contributed by atoms with Gasteiger partial charge in [0.25, 0.3) is 0 Å². The molecule has 0 fully saturated rings. The second kappa shape index (κ2) is 5.23. The Labute approximate surface area is 114 Å². The predicted octanol–water partition coefficient (Wildman–Crippen LogP) is 4.79. The Morgan fingerprint density at radius 1 is 0.947 bits per heavy atom. The van der Waals surface area contributed by atoms with Gasteiger partial charge in [-0.1, -0.05) is 48.6 Å². The van der Waals surface area contributed by atoms with Crippen LogP contribution in [0.5, 0.6) is 0 Å². The van der Waals surface area contributed by atoms with Crippen LogP contribution in [-0.2, 0) is 0 Å². The summed E-state index contributed by atoms with van der Waals surface area (Å²) in [5, 5.41) is 0. The lowest BCUT2D eigenvalue weighted by atomic mass is 9.98. The molecule has 1 heteroatoms. The van der Waals surface area contributed by atoms with E-state index in [0.29, 0.717) is 0 Å². The third-order valence-electron chi connectivity index (χ3n) is 3.35. The maximum absolute atomic E-state index is 4.65. The number of benzene rings is 1. The van der Waals surface area contributed by atoms with Gasteiger partial charge in [0.1, 0.15) is 0 Å². The van der Waals surface area contributed by atoms with Crippen molar-refractivity contribution in [2.75, 3.05) is 0 Å². The summed E-state index contributed by atoms with van der Waals surface area (Å²) in [5.41, 5.74) is 5.87. The second-order valence-corrected chi connectivity index (χ2v) is 4.89. The normalized spacial score (nSPS) is 14.3. The monoisotopic (exact) mass is 247 g/mol. The Bertz CT molecular complexity index is 636. The van der Waals surface area contributed by atoms with Crippen LogP contribution >= 0.6 is 0 Å². The van der Waals surface area contributed by atoms with Crippen molar-refractivity contribution in [1.29, 1.82) is 0 Å². The molecule has 0 radical (unpaired) electrons. The molecule has 1 aromatic carbocycles. The summed E-state index contributed by atoms with van der Waals surface area (Å²) in [6.45, 7) is 2.06. The van der Waals surface area contributed by atoms with E-state index < -0.39 is 0 Å². The van der Waals surface area contributed by atoms with Crippen molar-refractivity contribution in [2.24, 2.45) is 0 Å². The van der Waals surface area contributed by atoms with Crippen molar-refractivity contribution >= 4 is 5.57 Å². The van der Waals surface area contributed by atoms with Crippen LogP contribution in [0.2, 0.25) is 0 Å². The van der Waals surface area contributed by atoms with E-state index in [4.69, 9.17) is 0 Å². The molecule has 3 rings (SSSR count). The minimum absolute atomic E-state index is 1.05. The molecule has 1 heterocycles. The van der Waals surface area contributed by atoms with Crippen molar-refractivity contribution in [3.63, 3.8) is 0 Å². The minimum Gasteiger partial charge on any atom is -0.253 e. The third kappa shape index (κ3) is 2.65. The molecule has 0 amide bonds. The number of aryl methyl sites for hydroxylation is 1. The smallest absolute Gasteiger partial charge is 0.0711 e. The highest BCUT2D eigenvalue weighted by Gasteiger charge is 2.06. The van der Waals surface area contributed by atoms with Gasteiger partial charge in [0.05, 0.1) is 5.69 Å². The Morgan fingerprint density at radius 2 is 1.79 bits per heavy atom. The summed E-state index contributed by atoms with van der Waals surface area (Å²) in [7, 11) is 0. The van der Waals surface area contributed by atoms with E-state index in [1.165, 1.54) is 16.7 Å². The second-order valence-electron chi connectivity index (χ2n) is 4.89. The number of hydrogen-bond donors (Lipinski definition) is 0. The molecule has 1 aliphatic rings. The largest absolute Gasteiger partial charge is 0.253 e. The summed E-state index contributed by atoms with van der Waals surface area (Å²) >= 11 is 0. The van der Waals surface area contributed by atoms with Gasteiger partial charge in [-0.3, -0.25) is 4.98 Å². The maximum atomic E-state index is 4.65. The van der Waals surface area contributed by atoms with Gasteiger partial charge in [0.15, 0.2) is 0 Å². The van der Waals surface area contributed by atoms with E-state index in [1.54, 1.807) is 0 Å². The van der Waals surface area contributed by atoms with Gasteiger partial charge in [0.2, 0.25) is 0 Å². The number of allylic oxidation sites excluding steroid dienone is 4. The van der Waals surface area contributed by atoms with Crippen molar-refractivity contribution < 1.29 is 0 Å². The molecular formula is C18H17N. The summed E-state index contributed by atoms with van der Waals surface area (Å²) < 4.78 is 0. The highest BCUT2D eigenvalue weighted by atomic mass is 14.7. The lowest BCUT2D eigenvalue weighted by Crippen LogP contribution is -1.93. The average molecular weight is 247 g/mol. The van der Waals surface area contributed by atoms with E-state index in [1.807, 2.05) is 6.07 Å². The molecule has 1 aliphatic carbocycles. The lowest BCUT2D eigenvalue weighted by Gasteiger charge is -2.10. The minimum atomic E-state index is 1.05. The first kappa shape index (κ1) is 11.9.